The van der Waals surface area contributed by atoms with Crippen molar-refractivity contribution in [3.63, 3.8) is 0 Å². The minimum atomic E-state index is -0.0413. The SMILES string of the molecule is Cc1oc2ccc(OCc3ccccc3)cc2c1C(=O)N[C@H]1CC2CC[C@H](C1)N2C. The molecular formula is C25H28N2O3. The van der Waals surface area contributed by atoms with Crippen molar-refractivity contribution in [2.45, 2.75) is 57.3 Å². The number of carbonyl (C=O) groups is 1. The molecule has 2 aromatic carbocycles. The molecule has 5 nitrogen and oxygen atoms in total. The van der Waals surface area contributed by atoms with E-state index in [0.717, 1.165) is 29.5 Å². The van der Waals surface area contributed by atoms with E-state index in [0.29, 0.717) is 35.6 Å². The molecule has 2 saturated heterocycles. The maximum absolute atomic E-state index is 13.2. The van der Waals surface area contributed by atoms with Crippen LogP contribution in [0.2, 0.25) is 0 Å². The zero-order valence-corrected chi connectivity index (χ0v) is 17.6. The molecule has 2 fully saturated rings. The van der Waals surface area contributed by atoms with E-state index in [1.807, 2.05) is 55.5 Å². The topological polar surface area (TPSA) is 54.7 Å². The fourth-order valence-corrected chi connectivity index (χ4v) is 5.10. The first kappa shape index (κ1) is 19.2. The quantitative estimate of drug-likeness (QED) is 0.671. The van der Waals surface area contributed by atoms with Gasteiger partial charge >= 0.3 is 0 Å². The number of benzene rings is 2. The fourth-order valence-electron chi connectivity index (χ4n) is 5.10. The van der Waals surface area contributed by atoms with Gasteiger partial charge in [0.25, 0.3) is 5.91 Å². The van der Waals surface area contributed by atoms with Crippen LogP contribution in [0.25, 0.3) is 11.0 Å². The van der Waals surface area contributed by atoms with Gasteiger partial charge in [-0.1, -0.05) is 30.3 Å². The predicted molar refractivity (Wildman–Crippen MR) is 117 cm³/mol. The Bertz CT molecular complexity index is 1040. The molecule has 0 aliphatic carbocycles. The Hall–Kier alpha value is -2.79. The van der Waals surface area contributed by atoms with E-state index in [4.69, 9.17) is 9.15 Å². The van der Waals surface area contributed by atoms with Gasteiger partial charge in [-0.05, 0) is 63.4 Å². The third-order valence-corrected chi connectivity index (χ3v) is 6.74. The van der Waals surface area contributed by atoms with Crippen LogP contribution in [-0.2, 0) is 6.61 Å². The third-order valence-electron chi connectivity index (χ3n) is 6.74. The van der Waals surface area contributed by atoms with Crippen LogP contribution in [0.3, 0.4) is 0 Å². The molecule has 3 heterocycles. The van der Waals surface area contributed by atoms with E-state index in [1.54, 1.807) is 0 Å². The number of fused-ring (bicyclic) bond motifs is 3. The highest BCUT2D eigenvalue weighted by Crippen LogP contribution is 2.35. The number of aryl methyl sites for hydroxylation is 1. The Balaban J connectivity index is 1.34. The molecule has 3 aromatic rings. The predicted octanol–water partition coefficient (Wildman–Crippen LogP) is 4.68. The highest BCUT2D eigenvalue weighted by molar-refractivity contribution is 6.07. The summed E-state index contributed by atoms with van der Waals surface area (Å²) in [6.07, 6.45) is 4.53. The number of nitrogens with one attached hydrogen (secondary N) is 1. The van der Waals surface area contributed by atoms with Crippen molar-refractivity contribution in [2.24, 2.45) is 0 Å². The van der Waals surface area contributed by atoms with Gasteiger partial charge in [-0.3, -0.25) is 4.79 Å². The summed E-state index contributed by atoms with van der Waals surface area (Å²) in [5, 5.41) is 4.10. The van der Waals surface area contributed by atoms with Crippen LogP contribution in [-0.4, -0.2) is 36.0 Å². The molecule has 2 aliphatic heterocycles. The third kappa shape index (κ3) is 3.58. The van der Waals surface area contributed by atoms with E-state index >= 15 is 0 Å². The van der Waals surface area contributed by atoms with E-state index in [-0.39, 0.29) is 11.9 Å². The molecule has 1 unspecified atom stereocenters. The van der Waals surface area contributed by atoms with Crippen molar-refractivity contribution < 1.29 is 13.9 Å². The zero-order valence-electron chi connectivity index (χ0n) is 17.6. The summed E-state index contributed by atoms with van der Waals surface area (Å²) in [4.78, 5) is 15.7. The Morgan fingerprint density at radius 2 is 1.87 bits per heavy atom. The van der Waals surface area contributed by atoms with Crippen LogP contribution in [0.1, 0.15) is 47.4 Å². The summed E-state index contributed by atoms with van der Waals surface area (Å²) >= 11 is 0. The first-order valence-electron chi connectivity index (χ1n) is 10.8. The van der Waals surface area contributed by atoms with Crippen molar-refractivity contribution in [2.75, 3.05) is 7.05 Å². The Morgan fingerprint density at radius 1 is 1.13 bits per heavy atom. The van der Waals surface area contributed by atoms with Gasteiger partial charge in [0, 0.05) is 23.5 Å². The molecule has 0 spiro atoms. The lowest BCUT2D eigenvalue weighted by Crippen LogP contribution is -2.48. The van der Waals surface area contributed by atoms with Crippen molar-refractivity contribution >= 4 is 16.9 Å². The van der Waals surface area contributed by atoms with Crippen molar-refractivity contribution in [3.05, 3.63) is 65.4 Å². The number of hydrogen-bond donors (Lipinski definition) is 1. The smallest absolute Gasteiger partial charge is 0.255 e. The van der Waals surface area contributed by atoms with Crippen LogP contribution in [0.5, 0.6) is 5.75 Å². The van der Waals surface area contributed by atoms with Crippen molar-refractivity contribution in [1.29, 1.82) is 0 Å². The maximum Gasteiger partial charge on any atom is 0.255 e. The van der Waals surface area contributed by atoms with Gasteiger partial charge in [-0.2, -0.15) is 0 Å². The average molecular weight is 405 g/mol. The molecule has 156 valence electrons. The van der Waals surface area contributed by atoms with Gasteiger partial charge in [-0.25, -0.2) is 0 Å². The van der Waals surface area contributed by atoms with Crippen LogP contribution in [0.15, 0.2) is 52.9 Å². The van der Waals surface area contributed by atoms with E-state index in [9.17, 15) is 4.79 Å². The van der Waals surface area contributed by atoms with E-state index in [1.165, 1.54) is 12.8 Å². The van der Waals surface area contributed by atoms with E-state index < -0.39 is 0 Å². The number of piperidine rings is 1. The van der Waals surface area contributed by atoms with Gasteiger partial charge in [0.1, 0.15) is 23.7 Å². The number of ether oxygens (including phenoxy) is 1. The van der Waals surface area contributed by atoms with Gasteiger partial charge < -0.3 is 19.4 Å². The molecule has 2 aliphatic rings. The Kier molecular flexibility index (Phi) is 4.99. The number of amides is 1. The lowest BCUT2D eigenvalue weighted by Gasteiger charge is -2.36. The summed E-state index contributed by atoms with van der Waals surface area (Å²) in [7, 11) is 2.21. The molecule has 1 amide bonds. The molecule has 0 saturated carbocycles. The molecule has 3 atom stereocenters. The Morgan fingerprint density at radius 3 is 2.60 bits per heavy atom. The summed E-state index contributed by atoms with van der Waals surface area (Å²) in [5.74, 6) is 1.34. The summed E-state index contributed by atoms with van der Waals surface area (Å²) < 4.78 is 11.8. The summed E-state index contributed by atoms with van der Waals surface area (Å²) in [6.45, 7) is 2.35. The summed E-state index contributed by atoms with van der Waals surface area (Å²) in [5.41, 5.74) is 2.45. The second-order valence-corrected chi connectivity index (χ2v) is 8.66. The standard InChI is InChI=1S/C25H28N2O3/c1-16-24(25(28)26-18-12-19-8-9-20(13-18)27(19)2)22-14-21(10-11-23(22)30-16)29-15-17-6-4-3-5-7-17/h3-7,10-11,14,18-20H,8-9,12-13,15H2,1-2H3,(H,26,28)/t18-,19-,20?/m1/s1. The number of carbonyl (C=O) groups excluding carboxylic acids is 1. The number of hydrogen-bond acceptors (Lipinski definition) is 4. The highest BCUT2D eigenvalue weighted by Gasteiger charge is 2.39. The second-order valence-electron chi connectivity index (χ2n) is 8.66. The molecule has 2 bridgehead atoms. The van der Waals surface area contributed by atoms with Crippen LogP contribution in [0.4, 0.5) is 0 Å². The Labute approximate surface area is 177 Å². The first-order chi connectivity index (χ1) is 14.6. The van der Waals surface area contributed by atoms with Gasteiger partial charge in [0.05, 0.1) is 5.56 Å². The minimum Gasteiger partial charge on any atom is -0.489 e. The minimum absolute atomic E-state index is 0.0413. The molecular weight excluding hydrogens is 376 g/mol. The molecule has 30 heavy (non-hydrogen) atoms. The molecule has 5 rings (SSSR count). The van der Waals surface area contributed by atoms with Gasteiger partial charge in [0.2, 0.25) is 0 Å². The van der Waals surface area contributed by atoms with Crippen LogP contribution < -0.4 is 10.1 Å². The fraction of sp³-hybridized carbons (Fsp3) is 0.400. The number of furan rings is 1. The van der Waals surface area contributed by atoms with E-state index in [2.05, 4.69) is 17.3 Å². The van der Waals surface area contributed by atoms with Crippen LogP contribution >= 0.6 is 0 Å². The van der Waals surface area contributed by atoms with Crippen LogP contribution in [0, 0.1) is 6.92 Å². The molecule has 1 N–H and O–H groups in total. The number of rotatable bonds is 5. The monoisotopic (exact) mass is 404 g/mol. The average Bonchev–Trinajstić information content (AvgIpc) is 3.16. The molecule has 1 aromatic heterocycles. The highest BCUT2D eigenvalue weighted by atomic mass is 16.5. The number of nitrogens with zero attached hydrogens (tertiary/aromatic N) is 1. The van der Waals surface area contributed by atoms with Gasteiger partial charge in [-0.15, -0.1) is 0 Å². The van der Waals surface area contributed by atoms with Crippen molar-refractivity contribution in [3.8, 4) is 5.75 Å². The first-order valence-corrected chi connectivity index (χ1v) is 10.8. The molecule has 0 radical (unpaired) electrons. The maximum atomic E-state index is 13.2. The lowest BCUT2D eigenvalue weighted by atomic mass is 9.97. The van der Waals surface area contributed by atoms with Crippen molar-refractivity contribution in [1.82, 2.24) is 10.2 Å². The largest absolute Gasteiger partial charge is 0.489 e. The zero-order chi connectivity index (χ0) is 20.7. The normalized spacial score (nSPS) is 23.6. The lowest BCUT2D eigenvalue weighted by molar-refractivity contribution is 0.0882. The summed E-state index contributed by atoms with van der Waals surface area (Å²) in [6, 6.07) is 17.2. The second kappa shape index (κ2) is 7.80. The van der Waals surface area contributed by atoms with Gasteiger partial charge in [0.15, 0.2) is 0 Å². The molecule has 5 heteroatoms.